The molecule has 0 aliphatic heterocycles. The monoisotopic (exact) mass is 344 g/mol. The molecular weight excluding hydrogens is 323 g/mol. The van der Waals surface area contributed by atoms with E-state index in [4.69, 9.17) is 4.74 Å². The van der Waals surface area contributed by atoms with Crippen molar-refractivity contribution >= 4 is 17.5 Å². The first-order chi connectivity index (χ1) is 11.8. The zero-order valence-electron chi connectivity index (χ0n) is 14.5. The van der Waals surface area contributed by atoms with E-state index < -0.39 is 17.8 Å². The molecule has 0 aliphatic carbocycles. The SMILES string of the molecule is Cc1cccc(OC(C)C(=O)N(C)CC(=O)Nc2cccc(F)c2)c1. The highest BCUT2D eigenvalue weighted by molar-refractivity contribution is 5.95. The fraction of sp³-hybridized carbons (Fsp3) is 0.263. The Morgan fingerprint density at radius 1 is 1.20 bits per heavy atom. The van der Waals surface area contributed by atoms with Gasteiger partial charge < -0.3 is 15.0 Å². The number of amides is 2. The molecule has 0 spiro atoms. The third-order valence-corrected chi connectivity index (χ3v) is 3.52. The number of nitrogens with zero attached hydrogens (tertiary/aromatic N) is 1. The van der Waals surface area contributed by atoms with Crippen molar-refractivity contribution in [3.63, 3.8) is 0 Å². The number of benzene rings is 2. The van der Waals surface area contributed by atoms with Crippen molar-refractivity contribution in [3.8, 4) is 5.75 Å². The van der Waals surface area contributed by atoms with E-state index in [-0.39, 0.29) is 12.5 Å². The Labute approximate surface area is 146 Å². The Morgan fingerprint density at radius 3 is 2.60 bits per heavy atom. The molecule has 132 valence electrons. The molecule has 5 nitrogen and oxygen atoms in total. The van der Waals surface area contributed by atoms with Crippen LogP contribution < -0.4 is 10.1 Å². The molecule has 2 aromatic rings. The molecule has 0 bridgehead atoms. The molecule has 2 rings (SSSR count). The second-order valence-corrected chi connectivity index (χ2v) is 5.83. The Hall–Kier alpha value is -2.89. The molecule has 0 aromatic heterocycles. The first-order valence-corrected chi connectivity index (χ1v) is 7.89. The largest absolute Gasteiger partial charge is 0.481 e. The summed E-state index contributed by atoms with van der Waals surface area (Å²) in [5.41, 5.74) is 1.37. The molecule has 2 amide bonds. The van der Waals surface area contributed by atoms with Crippen LogP contribution in [0, 0.1) is 12.7 Å². The number of nitrogens with one attached hydrogen (secondary N) is 1. The van der Waals surface area contributed by atoms with Crippen LogP contribution in [-0.4, -0.2) is 36.4 Å². The summed E-state index contributed by atoms with van der Waals surface area (Å²) in [4.78, 5) is 25.6. The summed E-state index contributed by atoms with van der Waals surface area (Å²) in [7, 11) is 1.52. The molecule has 0 aliphatic rings. The molecule has 1 unspecified atom stereocenters. The van der Waals surface area contributed by atoms with Gasteiger partial charge in [-0.3, -0.25) is 9.59 Å². The van der Waals surface area contributed by atoms with Gasteiger partial charge in [0, 0.05) is 12.7 Å². The summed E-state index contributed by atoms with van der Waals surface area (Å²) < 4.78 is 18.7. The zero-order valence-corrected chi connectivity index (χ0v) is 14.5. The summed E-state index contributed by atoms with van der Waals surface area (Å²) >= 11 is 0. The van der Waals surface area contributed by atoms with Crippen LogP contribution in [0.15, 0.2) is 48.5 Å². The van der Waals surface area contributed by atoms with E-state index in [0.717, 1.165) is 5.56 Å². The van der Waals surface area contributed by atoms with E-state index >= 15 is 0 Å². The summed E-state index contributed by atoms with van der Waals surface area (Å²) in [5.74, 6) is -0.582. The lowest BCUT2D eigenvalue weighted by molar-refractivity contribution is -0.139. The van der Waals surface area contributed by atoms with Crippen LogP contribution in [0.4, 0.5) is 10.1 Å². The van der Waals surface area contributed by atoms with Gasteiger partial charge in [-0.25, -0.2) is 4.39 Å². The average molecular weight is 344 g/mol. The lowest BCUT2D eigenvalue weighted by Gasteiger charge is -2.22. The minimum Gasteiger partial charge on any atom is -0.481 e. The molecule has 0 saturated heterocycles. The number of rotatable bonds is 6. The maximum atomic E-state index is 13.1. The van der Waals surface area contributed by atoms with E-state index in [1.807, 2.05) is 25.1 Å². The fourth-order valence-corrected chi connectivity index (χ4v) is 2.31. The van der Waals surface area contributed by atoms with Crippen LogP contribution in [0.2, 0.25) is 0 Å². The number of halogens is 1. The molecule has 1 N–H and O–H groups in total. The molecule has 2 aromatic carbocycles. The molecule has 1 atom stereocenters. The van der Waals surface area contributed by atoms with Crippen LogP contribution in [-0.2, 0) is 9.59 Å². The molecular formula is C19H21FN2O3. The minimum atomic E-state index is -0.728. The highest BCUT2D eigenvalue weighted by Crippen LogP contribution is 2.15. The average Bonchev–Trinajstić information content (AvgIpc) is 2.53. The number of hydrogen-bond donors (Lipinski definition) is 1. The van der Waals surface area contributed by atoms with Crippen molar-refractivity contribution in [2.24, 2.45) is 0 Å². The van der Waals surface area contributed by atoms with Crippen molar-refractivity contribution < 1.29 is 18.7 Å². The maximum Gasteiger partial charge on any atom is 0.263 e. The van der Waals surface area contributed by atoms with E-state index in [9.17, 15) is 14.0 Å². The molecule has 0 saturated carbocycles. The normalized spacial score (nSPS) is 11.5. The third-order valence-electron chi connectivity index (χ3n) is 3.52. The van der Waals surface area contributed by atoms with Gasteiger partial charge in [0.15, 0.2) is 6.10 Å². The second-order valence-electron chi connectivity index (χ2n) is 5.83. The van der Waals surface area contributed by atoms with Gasteiger partial charge >= 0.3 is 0 Å². The van der Waals surface area contributed by atoms with Gasteiger partial charge in [-0.1, -0.05) is 18.2 Å². The summed E-state index contributed by atoms with van der Waals surface area (Å²) in [6.45, 7) is 3.41. The van der Waals surface area contributed by atoms with Crippen molar-refractivity contribution in [1.29, 1.82) is 0 Å². The molecule has 0 radical (unpaired) electrons. The van der Waals surface area contributed by atoms with Gasteiger partial charge in [0.1, 0.15) is 11.6 Å². The number of ether oxygens (including phenoxy) is 1. The quantitative estimate of drug-likeness (QED) is 0.876. The molecule has 0 heterocycles. The zero-order chi connectivity index (χ0) is 18.4. The minimum absolute atomic E-state index is 0.156. The number of carbonyl (C=O) groups excluding carboxylic acids is 2. The highest BCUT2D eigenvalue weighted by atomic mass is 19.1. The maximum absolute atomic E-state index is 13.1. The summed E-state index contributed by atoms with van der Waals surface area (Å²) in [5, 5.41) is 2.55. The first kappa shape index (κ1) is 18.4. The Balaban J connectivity index is 1.89. The number of anilines is 1. The van der Waals surface area contributed by atoms with Gasteiger partial charge in [0.05, 0.1) is 6.54 Å². The van der Waals surface area contributed by atoms with E-state index in [2.05, 4.69) is 5.32 Å². The molecule has 25 heavy (non-hydrogen) atoms. The topological polar surface area (TPSA) is 58.6 Å². The van der Waals surface area contributed by atoms with Crippen LogP contribution in [0.5, 0.6) is 5.75 Å². The van der Waals surface area contributed by atoms with Gasteiger partial charge in [0.25, 0.3) is 5.91 Å². The van der Waals surface area contributed by atoms with Crippen LogP contribution in [0.3, 0.4) is 0 Å². The third kappa shape index (κ3) is 5.60. The predicted octanol–water partition coefficient (Wildman–Crippen LogP) is 3.00. The lowest BCUT2D eigenvalue weighted by Crippen LogP contribution is -2.42. The van der Waals surface area contributed by atoms with E-state index in [1.54, 1.807) is 19.1 Å². The Kier molecular flexibility index (Phi) is 6.11. The van der Waals surface area contributed by atoms with Crippen LogP contribution in [0.1, 0.15) is 12.5 Å². The number of aryl methyl sites for hydroxylation is 1. The van der Waals surface area contributed by atoms with Crippen molar-refractivity contribution in [3.05, 3.63) is 59.9 Å². The van der Waals surface area contributed by atoms with Gasteiger partial charge in [-0.05, 0) is 49.7 Å². The highest BCUT2D eigenvalue weighted by Gasteiger charge is 2.21. The lowest BCUT2D eigenvalue weighted by atomic mass is 10.2. The van der Waals surface area contributed by atoms with Gasteiger partial charge in [-0.15, -0.1) is 0 Å². The number of carbonyl (C=O) groups is 2. The Bertz CT molecular complexity index is 764. The first-order valence-electron chi connectivity index (χ1n) is 7.89. The standard InChI is InChI=1S/C19H21FN2O3/c1-13-6-4-9-17(10-13)25-14(2)19(24)22(3)12-18(23)21-16-8-5-7-15(20)11-16/h4-11,14H,12H2,1-3H3,(H,21,23). The summed E-state index contributed by atoms with van der Waals surface area (Å²) in [6, 6.07) is 13.0. The van der Waals surface area contributed by atoms with Gasteiger partial charge in [0.2, 0.25) is 5.91 Å². The second kappa shape index (κ2) is 8.28. The summed E-state index contributed by atoms with van der Waals surface area (Å²) in [6.07, 6.45) is -0.728. The number of likely N-dealkylation sites (N-methyl/N-ethyl adjacent to an activating group) is 1. The van der Waals surface area contributed by atoms with Crippen molar-refractivity contribution in [2.75, 3.05) is 18.9 Å². The van der Waals surface area contributed by atoms with E-state index in [1.165, 1.54) is 30.1 Å². The molecule has 0 fully saturated rings. The van der Waals surface area contributed by atoms with Crippen molar-refractivity contribution in [1.82, 2.24) is 4.90 Å². The van der Waals surface area contributed by atoms with Crippen molar-refractivity contribution in [2.45, 2.75) is 20.0 Å². The molecule has 6 heteroatoms. The van der Waals surface area contributed by atoms with Crippen LogP contribution in [0.25, 0.3) is 0 Å². The fourth-order valence-electron chi connectivity index (χ4n) is 2.31. The van der Waals surface area contributed by atoms with E-state index in [0.29, 0.717) is 11.4 Å². The Morgan fingerprint density at radius 2 is 1.92 bits per heavy atom. The predicted molar refractivity (Wildman–Crippen MR) is 93.9 cm³/mol. The van der Waals surface area contributed by atoms with Crippen LogP contribution >= 0.6 is 0 Å². The van der Waals surface area contributed by atoms with Gasteiger partial charge in [-0.2, -0.15) is 0 Å². The smallest absolute Gasteiger partial charge is 0.263 e. The number of hydrogen-bond acceptors (Lipinski definition) is 3.